The first kappa shape index (κ1) is 7.79. The van der Waals surface area contributed by atoms with Crippen molar-refractivity contribution in [1.29, 1.82) is 0 Å². The summed E-state index contributed by atoms with van der Waals surface area (Å²) in [4.78, 5) is 14.2. The summed E-state index contributed by atoms with van der Waals surface area (Å²) in [5.41, 5.74) is 2.11. The molecule has 2 aromatic rings. The summed E-state index contributed by atoms with van der Waals surface area (Å²) >= 11 is 0. The third kappa shape index (κ3) is 1.38. The van der Waals surface area contributed by atoms with Gasteiger partial charge >= 0.3 is 0 Å². The van der Waals surface area contributed by atoms with Crippen molar-refractivity contribution < 1.29 is 0 Å². The molecule has 0 atom stereocenters. The molecule has 0 aliphatic heterocycles. The van der Waals surface area contributed by atoms with Gasteiger partial charge in [-0.2, -0.15) is 5.10 Å². The monoisotopic (exact) mass is 175 g/mol. The predicted octanol–water partition coefficient (Wildman–Crippen LogP) is 1.07. The van der Waals surface area contributed by atoms with Gasteiger partial charge < -0.3 is 4.98 Å². The van der Waals surface area contributed by atoms with E-state index in [0.717, 1.165) is 11.4 Å². The maximum atomic E-state index is 11.4. The molecule has 13 heavy (non-hydrogen) atoms. The number of aromatic amines is 2. The maximum Gasteiger partial charge on any atom is 0.257 e. The smallest absolute Gasteiger partial charge is 0.257 e. The number of pyridine rings is 1. The van der Waals surface area contributed by atoms with Gasteiger partial charge in [-0.3, -0.25) is 9.89 Å². The second-order valence-electron chi connectivity index (χ2n) is 2.85. The van der Waals surface area contributed by atoms with Gasteiger partial charge in [-0.25, -0.2) is 0 Å². The van der Waals surface area contributed by atoms with E-state index >= 15 is 0 Å². The fourth-order valence-electron chi connectivity index (χ4n) is 1.19. The van der Waals surface area contributed by atoms with Crippen LogP contribution in [0.3, 0.4) is 0 Å². The van der Waals surface area contributed by atoms with Crippen LogP contribution in [0.15, 0.2) is 29.2 Å². The molecular formula is C9H9N3O. The van der Waals surface area contributed by atoms with Crippen LogP contribution >= 0.6 is 0 Å². The Labute approximate surface area is 74.6 Å². The van der Waals surface area contributed by atoms with Gasteiger partial charge in [0, 0.05) is 11.9 Å². The quantitative estimate of drug-likeness (QED) is 0.681. The summed E-state index contributed by atoms with van der Waals surface area (Å²) in [5.74, 6) is 0. The molecule has 0 aliphatic carbocycles. The number of nitrogens with zero attached hydrogens (tertiary/aromatic N) is 1. The maximum absolute atomic E-state index is 11.4. The highest BCUT2D eigenvalue weighted by molar-refractivity contribution is 5.56. The van der Waals surface area contributed by atoms with Crippen LogP contribution in [0.2, 0.25) is 0 Å². The van der Waals surface area contributed by atoms with Crippen molar-refractivity contribution in [2.24, 2.45) is 0 Å². The Balaban J connectivity index is 2.60. The van der Waals surface area contributed by atoms with Crippen molar-refractivity contribution >= 4 is 0 Å². The fraction of sp³-hybridized carbons (Fsp3) is 0.111. The van der Waals surface area contributed by atoms with Gasteiger partial charge in [0.05, 0.1) is 11.3 Å². The van der Waals surface area contributed by atoms with E-state index < -0.39 is 0 Å². The highest BCUT2D eigenvalue weighted by Crippen LogP contribution is 2.09. The van der Waals surface area contributed by atoms with E-state index in [1.807, 2.05) is 13.0 Å². The van der Waals surface area contributed by atoms with Crippen LogP contribution in [0.5, 0.6) is 0 Å². The summed E-state index contributed by atoms with van der Waals surface area (Å²) in [7, 11) is 0. The first-order chi connectivity index (χ1) is 6.27. The lowest BCUT2D eigenvalue weighted by atomic mass is 10.2. The summed E-state index contributed by atoms with van der Waals surface area (Å²) in [6.07, 6.45) is 1.62. The second kappa shape index (κ2) is 2.90. The standard InChI is InChI=1S/C9H9N3O/c1-6-2-3-7(9(13)11-6)8-4-5-10-12-8/h2-5H,1H3,(H,10,12)(H,11,13). The van der Waals surface area contributed by atoms with Crippen LogP contribution < -0.4 is 5.56 Å². The summed E-state index contributed by atoms with van der Waals surface area (Å²) in [5, 5.41) is 6.53. The van der Waals surface area contributed by atoms with Crippen molar-refractivity contribution in [2.75, 3.05) is 0 Å². The topological polar surface area (TPSA) is 61.5 Å². The Bertz CT molecular complexity index is 456. The van der Waals surface area contributed by atoms with Crippen LogP contribution in [0.25, 0.3) is 11.3 Å². The molecule has 4 nitrogen and oxygen atoms in total. The van der Waals surface area contributed by atoms with Crippen molar-refractivity contribution in [3.05, 3.63) is 40.4 Å². The average Bonchev–Trinajstić information content (AvgIpc) is 2.56. The number of hydrogen-bond acceptors (Lipinski definition) is 2. The molecule has 2 N–H and O–H groups in total. The zero-order valence-corrected chi connectivity index (χ0v) is 7.16. The van der Waals surface area contributed by atoms with E-state index in [1.54, 1.807) is 18.3 Å². The second-order valence-corrected chi connectivity index (χ2v) is 2.85. The number of aromatic nitrogens is 3. The van der Waals surface area contributed by atoms with E-state index in [4.69, 9.17) is 0 Å². The number of H-pyrrole nitrogens is 2. The van der Waals surface area contributed by atoms with Gasteiger partial charge in [-0.15, -0.1) is 0 Å². The summed E-state index contributed by atoms with van der Waals surface area (Å²) < 4.78 is 0. The first-order valence-corrected chi connectivity index (χ1v) is 3.97. The molecular weight excluding hydrogens is 166 g/mol. The molecule has 2 heterocycles. The van der Waals surface area contributed by atoms with E-state index in [9.17, 15) is 4.79 Å². The average molecular weight is 175 g/mol. The minimum absolute atomic E-state index is 0.0933. The van der Waals surface area contributed by atoms with E-state index in [0.29, 0.717) is 5.56 Å². The molecule has 66 valence electrons. The van der Waals surface area contributed by atoms with Gasteiger partial charge in [0.1, 0.15) is 0 Å². The van der Waals surface area contributed by atoms with E-state index in [-0.39, 0.29) is 5.56 Å². The normalized spacial score (nSPS) is 10.2. The molecule has 0 saturated heterocycles. The van der Waals surface area contributed by atoms with E-state index in [2.05, 4.69) is 15.2 Å². The van der Waals surface area contributed by atoms with Gasteiger partial charge in [0.15, 0.2) is 0 Å². The number of hydrogen-bond donors (Lipinski definition) is 2. The van der Waals surface area contributed by atoms with Crippen molar-refractivity contribution in [3.8, 4) is 11.3 Å². The number of rotatable bonds is 1. The molecule has 0 bridgehead atoms. The minimum atomic E-state index is -0.0933. The summed E-state index contributed by atoms with van der Waals surface area (Å²) in [6.45, 7) is 1.85. The SMILES string of the molecule is Cc1ccc(-c2ccn[nH]2)c(=O)[nH]1. The molecule has 0 radical (unpaired) electrons. The summed E-state index contributed by atoms with van der Waals surface area (Å²) in [6, 6.07) is 5.40. The molecule has 2 aromatic heterocycles. The Morgan fingerprint density at radius 3 is 2.77 bits per heavy atom. The zero-order chi connectivity index (χ0) is 9.26. The Morgan fingerprint density at radius 2 is 2.15 bits per heavy atom. The first-order valence-electron chi connectivity index (χ1n) is 3.97. The Morgan fingerprint density at radius 1 is 1.31 bits per heavy atom. The van der Waals surface area contributed by atoms with Gasteiger partial charge in [-0.1, -0.05) is 0 Å². The van der Waals surface area contributed by atoms with Crippen molar-refractivity contribution in [3.63, 3.8) is 0 Å². The molecule has 0 fully saturated rings. The zero-order valence-electron chi connectivity index (χ0n) is 7.16. The highest BCUT2D eigenvalue weighted by atomic mass is 16.1. The van der Waals surface area contributed by atoms with Crippen LogP contribution in [0.4, 0.5) is 0 Å². The lowest BCUT2D eigenvalue weighted by Gasteiger charge is -1.96. The third-order valence-corrected chi connectivity index (χ3v) is 1.85. The van der Waals surface area contributed by atoms with Crippen molar-refractivity contribution in [1.82, 2.24) is 15.2 Å². The molecule has 0 saturated carbocycles. The third-order valence-electron chi connectivity index (χ3n) is 1.85. The van der Waals surface area contributed by atoms with Crippen LogP contribution in [0, 0.1) is 6.92 Å². The molecule has 0 spiro atoms. The molecule has 0 unspecified atom stereocenters. The largest absolute Gasteiger partial charge is 0.326 e. The van der Waals surface area contributed by atoms with Gasteiger partial charge in [0.25, 0.3) is 5.56 Å². The van der Waals surface area contributed by atoms with Crippen LogP contribution in [-0.4, -0.2) is 15.2 Å². The minimum Gasteiger partial charge on any atom is -0.326 e. The molecule has 0 aliphatic rings. The van der Waals surface area contributed by atoms with E-state index in [1.165, 1.54) is 0 Å². The highest BCUT2D eigenvalue weighted by Gasteiger charge is 2.02. The van der Waals surface area contributed by atoms with Crippen LogP contribution in [-0.2, 0) is 0 Å². The number of nitrogens with one attached hydrogen (secondary N) is 2. The fourth-order valence-corrected chi connectivity index (χ4v) is 1.19. The molecule has 0 aromatic carbocycles. The van der Waals surface area contributed by atoms with Crippen molar-refractivity contribution in [2.45, 2.75) is 6.92 Å². The lowest BCUT2D eigenvalue weighted by molar-refractivity contribution is 1.08. The number of aryl methyl sites for hydroxylation is 1. The molecule has 2 rings (SSSR count). The molecule has 4 heteroatoms. The predicted molar refractivity (Wildman–Crippen MR) is 49.4 cm³/mol. The van der Waals surface area contributed by atoms with Crippen LogP contribution in [0.1, 0.15) is 5.69 Å². The molecule has 0 amide bonds. The Kier molecular flexibility index (Phi) is 1.73. The van der Waals surface area contributed by atoms with Gasteiger partial charge in [0.2, 0.25) is 0 Å². The lowest BCUT2D eigenvalue weighted by Crippen LogP contribution is -2.09. The van der Waals surface area contributed by atoms with Gasteiger partial charge in [-0.05, 0) is 25.1 Å². The Hall–Kier alpha value is -1.84.